The van der Waals surface area contributed by atoms with E-state index in [0.29, 0.717) is 13.1 Å². The fourth-order valence-electron chi connectivity index (χ4n) is 2.33. The van der Waals surface area contributed by atoms with Crippen molar-refractivity contribution in [3.05, 3.63) is 35.4 Å². The standard InChI is InChI=1S/C14H21NO3S2/c1-14(2)11-15(6-7-19-14)20(17,18)10-13-5-3-4-12(8-13)9-16/h3-5,8,16H,6-7,9-11H2,1-2H3. The monoisotopic (exact) mass is 315 g/mol. The highest BCUT2D eigenvalue weighted by atomic mass is 32.2. The van der Waals surface area contributed by atoms with E-state index in [4.69, 9.17) is 5.11 Å². The molecule has 1 N–H and O–H groups in total. The summed E-state index contributed by atoms with van der Waals surface area (Å²) in [6.07, 6.45) is 0. The smallest absolute Gasteiger partial charge is 0.218 e. The molecule has 2 rings (SSSR count). The summed E-state index contributed by atoms with van der Waals surface area (Å²) < 4.78 is 26.6. The lowest BCUT2D eigenvalue weighted by atomic mass is 10.1. The normalized spacial score (nSPS) is 19.9. The zero-order valence-electron chi connectivity index (χ0n) is 11.9. The lowest BCUT2D eigenvalue weighted by Gasteiger charge is -2.36. The molecule has 112 valence electrons. The molecule has 0 unspecified atom stereocenters. The van der Waals surface area contributed by atoms with E-state index in [0.717, 1.165) is 16.9 Å². The number of thioether (sulfide) groups is 1. The van der Waals surface area contributed by atoms with E-state index >= 15 is 0 Å². The van der Waals surface area contributed by atoms with Gasteiger partial charge in [-0.15, -0.1) is 0 Å². The van der Waals surface area contributed by atoms with Crippen molar-refractivity contribution in [3.63, 3.8) is 0 Å². The molecular weight excluding hydrogens is 294 g/mol. The van der Waals surface area contributed by atoms with Crippen molar-refractivity contribution in [2.24, 2.45) is 0 Å². The predicted molar refractivity (Wildman–Crippen MR) is 83.1 cm³/mol. The van der Waals surface area contributed by atoms with Crippen LogP contribution in [0.3, 0.4) is 0 Å². The zero-order valence-corrected chi connectivity index (χ0v) is 13.5. The number of benzene rings is 1. The number of aliphatic hydroxyl groups is 1. The maximum absolute atomic E-state index is 12.5. The predicted octanol–water partition coefficient (Wildman–Crippen LogP) is 1.84. The van der Waals surface area contributed by atoms with Gasteiger partial charge in [0.1, 0.15) is 0 Å². The van der Waals surface area contributed by atoms with Crippen molar-refractivity contribution in [2.45, 2.75) is 31.0 Å². The topological polar surface area (TPSA) is 57.6 Å². The van der Waals surface area contributed by atoms with E-state index in [9.17, 15) is 8.42 Å². The summed E-state index contributed by atoms with van der Waals surface area (Å²) in [5.74, 6) is 0.838. The Morgan fingerprint density at radius 1 is 1.35 bits per heavy atom. The number of hydrogen-bond acceptors (Lipinski definition) is 4. The summed E-state index contributed by atoms with van der Waals surface area (Å²) in [7, 11) is -3.29. The van der Waals surface area contributed by atoms with Crippen LogP contribution in [0.1, 0.15) is 25.0 Å². The van der Waals surface area contributed by atoms with E-state index < -0.39 is 10.0 Å². The lowest BCUT2D eigenvalue weighted by Crippen LogP contribution is -2.46. The first-order chi connectivity index (χ1) is 9.32. The van der Waals surface area contributed by atoms with Gasteiger partial charge in [0.25, 0.3) is 0 Å². The number of nitrogens with zero attached hydrogens (tertiary/aromatic N) is 1. The van der Waals surface area contributed by atoms with E-state index in [1.807, 2.05) is 11.8 Å². The molecule has 0 aromatic heterocycles. The summed E-state index contributed by atoms with van der Waals surface area (Å²) in [6.45, 7) is 5.22. The molecule has 1 fully saturated rings. The minimum absolute atomic E-state index is 0.00157. The Bertz CT molecular complexity index is 570. The molecule has 1 aliphatic rings. The molecule has 0 atom stereocenters. The van der Waals surface area contributed by atoms with Gasteiger partial charge < -0.3 is 5.11 Å². The van der Waals surface area contributed by atoms with Crippen LogP contribution in [-0.2, 0) is 22.4 Å². The number of sulfonamides is 1. The molecule has 0 bridgehead atoms. The quantitative estimate of drug-likeness (QED) is 0.921. The van der Waals surface area contributed by atoms with Gasteiger partial charge in [0, 0.05) is 23.6 Å². The van der Waals surface area contributed by atoms with Crippen LogP contribution in [0, 0.1) is 0 Å². The Morgan fingerprint density at radius 3 is 2.70 bits per heavy atom. The summed E-state index contributed by atoms with van der Waals surface area (Å²) in [6, 6.07) is 7.12. The van der Waals surface area contributed by atoms with Crippen LogP contribution in [0.2, 0.25) is 0 Å². The Labute approximate surface area is 125 Å². The number of hydrogen-bond donors (Lipinski definition) is 1. The molecule has 1 aromatic carbocycles. The highest BCUT2D eigenvalue weighted by molar-refractivity contribution is 8.00. The first kappa shape index (κ1) is 15.8. The Hall–Kier alpha value is -0.560. The van der Waals surface area contributed by atoms with Gasteiger partial charge in [-0.05, 0) is 25.0 Å². The summed E-state index contributed by atoms with van der Waals surface area (Å²) >= 11 is 1.81. The molecule has 1 aliphatic heterocycles. The Morgan fingerprint density at radius 2 is 2.05 bits per heavy atom. The van der Waals surface area contributed by atoms with Crippen molar-refractivity contribution >= 4 is 21.8 Å². The second-order valence-electron chi connectivity index (χ2n) is 5.68. The highest BCUT2D eigenvalue weighted by Gasteiger charge is 2.33. The maximum atomic E-state index is 12.5. The molecule has 1 heterocycles. The molecule has 0 spiro atoms. The fraction of sp³-hybridized carbons (Fsp3) is 0.571. The van der Waals surface area contributed by atoms with E-state index in [2.05, 4.69) is 13.8 Å². The van der Waals surface area contributed by atoms with Crippen LogP contribution in [0.25, 0.3) is 0 Å². The van der Waals surface area contributed by atoms with Crippen LogP contribution in [0.5, 0.6) is 0 Å². The summed E-state index contributed by atoms with van der Waals surface area (Å²) in [5, 5.41) is 9.12. The SMILES string of the molecule is CC1(C)CN(S(=O)(=O)Cc2cccc(CO)c2)CCS1. The summed E-state index contributed by atoms with van der Waals surface area (Å²) in [4.78, 5) is 0. The van der Waals surface area contributed by atoms with E-state index in [1.54, 1.807) is 28.6 Å². The lowest BCUT2D eigenvalue weighted by molar-refractivity contribution is 0.281. The van der Waals surface area contributed by atoms with Crippen LogP contribution in [0.15, 0.2) is 24.3 Å². The van der Waals surface area contributed by atoms with Gasteiger partial charge in [-0.25, -0.2) is 8.42 Å². The second-order valence-corrected chi connectivity index (χ2v) is 9.45. The van der Waals surface area contributed by atoms with Gasteiger partial charge in [-0.2, -0.15) is 16.1 Å². The Kier molecular flexibility index (Phi) is 4.79. The average molecular weight is 315 g/mol. The van der Waals surface area contributed by atoms with Crippen LogP contribution in [-0.4, -0.2) is 41.4 Å². The molecule has 0 radical (unpaired) electrons. The maximum Gasteiger partial charge on any atom is 0.218 e. The average Bonchev–Trinajstić information content (AvgIpc) is 2.37. The zero-order chi connectivity index (χ0) is 14.8. The molecule has 0 saturated carbocycles. The van der Waals surface area contributed by atoms with Crippen molar-refractivity contribution in [1.82, 2.24) is 4.31 Å². The van der Waals surface area contributed by atoms with Gasteiger partial charge in [-0.3, -0.25) is 0 Å². The molecule has 1 aromatic rings. The summed E-state index contributed by atoms with van der Waals surface area (Å²) in [5.41, 5.74) is 1.47. The minimum Gasteiger partial charge on any atom is -0.392 e. The van der Waals surface area contributed by atoms with Crippen molar-refractivity contribution in [2.75, 3.05) is 18.8 Å². The molecule has 6 heteroatoms. The fourth-order valence-corrected chi connectivity index (χ4v) is 5.31. The molecule has 0 amide bonds. The van der Waals surface area contributed by atoms with Crippen LogP contribution >= 0.6 is 11.8 Å². The number of rotatable bonds is 4. The first-order valence-electron chi connectivity index (χ1n) is 6.63. The van der Waals surface area contributed by atoms with Crippen molar-refractivity contribution in [3.8, 4) is 0 Å². The van der Waals surface area contributed by atoms with Crippen molar-refractivity contribution in [1.29, 1.82) is 0 Å². The van der Waals surface area contributed by atoms with Crippen LogP contribution < -0.4 is 0 Å². The van der Waals surface area contributed by atoms with Gasteiger partial charge in [-0.1, -0.05) is 24.3 Å². The third-order valence-electron chi connectivity index (χ3n) is 3.31. The number of aliphatic hydroxyl groups excluding tert-OH is 1. The van der Waals surface area contributed by atoms with Gasteiger partial charge >= 0.3 is 0 Å². The molecule has 4 nitrogen and oxygen atoms in total. The molecular formula is C14H21NO3S2. The molecule has 20 heavy (non-hydrogen) atoms. The van der Waals surface area contributed by atoms with Gasteiger partial charge in [0.05, 0.1) is 12.4 Å². The third-order valence-corrected chi connectivity index (χ3v) is 6.40. The second kappa shape index (κ2) is 6.05. The minimum atomic E-state index is -3.29. The first-order valence-corrected chi connectivity index (χ1v) is 9.22. The third kappa shape index (κ3) is 3.97. The molecule has 0 aliphatic carbocycles. The van der Waals surface area contributed by atoms with Crippen LogP contribution in [0.4, 0.5) is 0 Å². The largest absolute Gasteiger partial charge is 0.392 e. The van der Waals surface area contributed by atoms with Crippen molar-refractivity contribution < 1.29 is 13.5 Å². The molecule has 1 saturated heterocycles. The van der Waals surface area contributed by atoms with Gasteiger partial charge in [0.2, 0.25) is 10.0 Å². The Balaban J connectivity index is 2.14. The van der Waals surface area contributed by atoms with Gasteiger partial charge in [0.15, 0.2) is 0 Å². The van der Waals surface area contributed by atoms with E-state index in [-0.39, 0.29) is 17.1 Å². The highest BCUT2D eigenvalue weighted by Crippen LogP contribution is 2.31. The van der Waals surface area contributed by atoms with E-state index in [1.165, 1.54) is 0 Å².